The summed E-state index contributed by atoms with van der Waals surface area (Å²) in [5, 5.41) is 6.05. The highest BCUT2D eigenvalue weighted by Gasteiger charge is 2.18. The van der Waals surface area contributed by atoms with Crippen LogP contribution in [0.4, 0.5) is 5.69 Å². The van der Waals surface area contributed by atoms with Crippen LogP contribution in [0.25, 0.3) is 0 Å². The Morgan fingerprint density at radius 1 is 1.08 bits per heavy atom. The van der Waals surface area contributed by atoms with Crippen LogP contribution < -0.4 is 10.6 Å². The maximum absolute atomic E-state index is 12.1. The minimum atomic E-state index is -0.271. The fourth-order valence-electron chi connectivity index (χ4n) is 3.06. The van der Waals surface area contributed by atoms with Crippen molar-refractivity contribution in [2.45, 2.75) is 19.9 Å². The third-order valence-electron chi connectivity index (χ3n) is 4.56. The first-order valence-corrected chi connectivity index (χ1v) is 9.01. The lowest BCUT2D eigenvalue weighted by Crippen LogP contribution is -2.42. The van der Waals surface area contributed by atoms with Gasteiger partial charge in [-0.25, -0.2) is 0 Å². The van der Waals surface area contributed by atoms with Crippen molar-refractivity contribution in [3.05, 3.63) is 64.2 Å². The minimum absolute atomic E-state index is 0.0603. The summed E-state index contributed by atoms with van der Waals surface area (Å²) in [6, 6.07) is 13.6. The molecule has 0 aliphatic carbocycles. The van der Waals surface area contributed by atoms with Gasteiger partial charge in [0.2, 0.25) is 11.8 Å². The van der Waals surface area contributed by atoms with Crippen LogP contribution in [-0.4, -0.2) is 36.3 Å². The number of hydrogen-bond acceptors (Lipinski definition) is 3. The topological polar surface area (TPSA) is 61.4 Å². The first-order valence-electron chi connectivity index (χ1n) is 8.64. The second kappa shape index (κ2) is 8.34. The number of carbonyl (C=O) groups is 2. The van der Waals surface area contributed by atoms with E-state index in [4.69, 9.17) is 11.6 Å². The molecule has 2 aromatic rings. The Bertz CT molecular complexity index is 822. The highest BCUT2D eigenvalue weighted by molar-refractivity contribution is 6.31. The Balaban J connectivity index is 1.46. The SMILES string of the molecule is Cc1c(Cl)cccc1NC(=O)CNC(=O)CN1CCc2ccccc2C1. The van der Waals surface area contributed by atoms with Crippen LogP contribution in [0.1, 0.15) is 16.7 Å². The maximum atomic E-state index is 12.1. The summed E-state index contributed by atoms with van der Waals surface area (Å²) in [7, 11) is 0. The van der Waals surface area contributed by atoms with Crippen molar-refractivity contribution in [2.75, 3.05) is 25.0 Å². The fourth-order valence-corrected chi connectivity index (χ4v) is 3.24. The zero-order chi connectivity index (χ0) is 18.5. The average Bonchev–Trinajstić information content (AvgIpc) is 2.64. The van der Waals surface area contributed by atoms with Gasteiger partial charge in [-0.2, -0.15) is 0 Å². The monoisotopic (exact) mass is 371 g/mol. The van der Waals surface area contributed by atoms with E-state index in [0.29, 0.717) is 10.7 Å². The molecule has 1 aliphatic heterocycles. The molecule has 6 heteroatoms. The molecule has 0 bridgehead atoms. The molecule has 26 heavy (non-hydrogen) atoms. The number of carbonyl (C=O) groups excluding carboxylic acids is 2. The van der Waals surface area contributed by atoms with Gasteiger partial charge in [-0.1, -0.05) is 41.9 Å². The van der Waals surface area contributed by atoms with Gasteiger partial charge in [0.05, 0.1) is 13.1 Å². The normalized spacial score (nSPS) is 13.8. The molecular weight excluding hydrogens is 350 g/mol. The predicted octanol–water partition coefficient (Wildman–Crippen LogP) is 2.76. The molecule has 0 unspecified atom stereocenters. The van der Waals surface area contributed by atoms with E-state index in [1.54, 1.807) is 18.2 Å². The predicted molar refractivity (Wildman–Crippen MR) is 103 cm³/mol. The molecule has 0 saturated carbocycles. The van der Waals surface area contributed by atoms with Crippen molar-refractivity contribution >= 4 is 29.1 Å². The van der Waals surface area contributed by atoms with E-state index in [1.165, 1.54) is 11.1 Å². The zero-order valence-corrected chi connectivity index (χ0v) is 15.5. The summed E-state index contributed by atoms with van der Waals surface area (Å²) in [4.78, 5) is 26.3. The van der Waals surface area contributed by atoms with Gasteiger partial charge in [0, 0.05) is 23.8 Å². The molecule has 0 aromatic heterocycles. The van der Waals surface area contributed by atoms with Crippen LogP contribution in [0.5, 0.6) is 0 Å². The number of nitrogens with one attached hydrogen (secondary N) is 2. The summed E-state index contributed by atoms with van der Waals surface area (Å²) in [5.41, 5.74) is 4.08. The van der Waals surface area contributed by atoms with Gasteiger partial charge in [-0.15, -0.1) is 0 Å². The molecule has 2 aromatic carbocycles. The van der Waals surface area contributed by atoms with Gasteiger partial charge in [0.15, 0.2) is 0 Å². The van der Waals surface area contributed by atoms with Gasteiger partial charge >= 0.3 is 0 Å². The molecule has 0 spiro atoms. The molecule has 0 radical (unpaired) electrons. The Morgan fingerprint density at radius 3 is 2.65 bits per heavy atom. The average molecular weight is 372 g/mol. The number of rotatable bonds is 5. The summed E-state index contributed by atoms with van der Waals surface area (Å²) >= 11 is 6.04. The number of fused-ring (bicyclic) bond motifs is 1. The van der Waals surface area contributed by atoms with Gasteiger partial charge in [-0.05, 0) is 42.2 Å². The van der Waals surface area contributed by atoms with Crippen molar-refractivity contribution in [2.24, 2.45) is 0 Å². The highest BCUT2D eigenvalue weighted by Crippen LogP contribution is 2.22. The van der Waals surface area contributed by atoms with E-state index in [9.17, 15) is 9.59 Å². The van der Waals surface area contributed by atoms with Crippen molar-refractivity contribution in [3.63, 3.8) is 0 Å². The number of benzene rings is 2. The standard InChI is InChI=1S/C20H22ClN3O2/c1-14-17(21)7-4-8-18(14)23-19(25)11-22-20(26)13-24-10-9-15-5-2-3-6-16(15)12-24/h2-8H,9-13H2,1H3,(H,22,26)(H,23,25). The van der Waals surface area contributed by atoms with Crippen molar-refractivity contribution in [1.82, 2.24) is 10.2 Å². The summed E-state index contributed by atoms with van der Waals surface area (Å²) in [5.74, 6) is -0.421. The molecule has 3 rings (SSSR count). The Labute approximate surface area is 158 Å². The van der Waals surface area contributed by atoms with Crippen LogP contribution in [0, 0.1) is 6.92 Å². The van der Waals surface area contributed by atoms with E-state index in [2.05, 4.69) is 27.7 Å². The third-order valence-corrected chi connectivity index (χ3v) is 4.97. The number of nitrogens with zero attached hydrogens (tertiary/aromatic N) is 1. The highest BCUT2D eigenvalue weighted by atomic mass is 35.5. The molecule has 0 saturated heterocycles. The smallest absolute Gasteiger partial charge is 0.243 e. The summed E-state index contributed by atoms with van der Waals surface area (Å²) in [6.07, 6.45) is 0.942. The number of anilines is 1. The molecule has 1 aliphatic rings. The summed E-state index contributed by atoms with van der Waals surface area (Å²) < 4.78 is 0. The molecular formula is C20H22ClN3O2. The molecule has 0 fully saturated rings. The van der Waals surface area contributed by atoms with Crippen LogP contribution >= 0.6 is 11.6 Å². The third kappa shape index (κ3) is 4.62. The largest absolute Gasteiger partial charge is 0.346 e. The lowest BCUT2D eigenvalue weighted by molar-refractivity contribution is -0.125. The number of hydrogen-bond donors (Lipinski definition) is 2. The van der Waals surface area contributed by atoms with E-state index >= 15 is 0 Å². The van der Waals surface area contributed by atoms with Gasteiger partial charge in [-0.3, -0.25) is 14.5 Å². The molecule has 1 heterocycles. The maximum Gasteiger partial charge on any atom is 0.243 e. The second-order valence-corrected chi connectivity index (χ2v) is 6.87. The van der Waals surface area contributed by atoms with Crippen LogP contribution in [-0.2, 0) is 22.6 Å². The molecule has 2 amide bonds. The Hall–Kier alpha value is -2.37. The lowest BCUT2D eigenvalue weighted by atomic mass is 10.00. The van der Waals surface area contributed by atoms with Crippen molar-refractivity contribution in [3.8, 4) is 0 Å². The van der Waals surface area contributed by atoms with Crippen LogP contribution in [0.3, 0.4) is 0 Å². The molecule has 136 valence electrons. The summed E-state index contributed by atoms with van der Waals surface area (Å²) in [6.45, 7) is 3.67. The van der Waals surface area contributed by atoms with Gasteiger partial charge in [0.25, 0.3) is 0 Å². The first-order chi connectivity index (χ1) is 12.5. The Kier molecular flexibility index (Phi) is 5.91. The second-order valence-electron chi connectivity index (χ2n) is 6.47. The Morgan fingerprint density at radius 2 is 1.85 bits per heavy atom. The van der Waals surface area contributed by atoms with Crippen LogP contribution in [0.2, 0.25) is 5.02 Å². The molecule has 5 nitrogen and oxygen atoms in total. The first kappa shape index (κ1) is 18.4. The minimum Gasteiger partial charge on any atom is -0.346 e. The van der Waals surface area contributed by atoms with E-state index in [0.717, 1.165) is 25.1 Å². The van der Waals surface area contributed by atoms with Crippen molar-refractivity contribution in [1.29, 1.82) is 0 Å². The van der Waals surface area contributed by atoms with Gasteiger partial charge < -0.3 is 10.6 Å². The molecule has 0 atom stereocenters. The lowest BCUT2D eigenvalue weighted by Gasteiger charge is -2.28. The van der Waals surface area contributed by atoms with E-state index in [1.807, 2.05) is 19.1 Å². The molecule has 2 N–H and O–H groups in total. The number of amides is 2. The van der Waals surface area contributed by atoms with E-state index in [-0.39, 0.29) is 24.9 Å². The zero-order valence-electron chi connectivity index (χ0n) is 14.7. The number of halogens is 1. The van der Waals surface area contributed by atoms with E-state index < -0.39 is 0 Å². The fraction of sp³-hybridized carbons (Fsp3) is 0.300. The van der Waals surface area contributed by atoms with Crippen molar-refractivity contribution < 1.29 is 9.59 Å². The van der Waals surface area contributed by atoms with Gasteiger partial charge in [0.1, 0.15) is 0 Å². The van der Waals surface area contributed by atoms with Crippen LogP contribution in [0.15, 0.2) is 42.5 Å². The quantitative estimate of drug-likeness (QED) is 0.849.